The molecule has 1 heterocycles. The summed E-state index contributed by atoms with van der Waals surface area (Å²) >= 11 is 0. The van der Waals surface area contributed by atoms with E-state index in [4.69, 9.17) is 14.2 Å². The first-order valence-corrected chi connectivity index (χ1v) is 7.16. The van der Waals surface area contributed by atoms with Gasteiger partial charge < -0.3 is 24.6 Å². The molecule has 0 aromatic heterocycles. The van der Waals surface area contributed by atoms with Gasteiger partial charge in [-0.3, -0.25) is 4.79 Å². The van der Waals surface area contributed by atoms with Crippen LogP contribution in [-0.2, 0) is 9.53 Å². The summed E-state index contributed by atoms with van der Waals surface area (Å²) in [6, 6.07) is 4.47. The Bertz CT molecular complexity index is 477. The van der Waals surface area contributed by atoms with E-state index in [-0.39, 0.29) is 0 Å². The van der Waals surface area contributed by atoms with E-state index >= 15 is 0 Å². The van der Waals surface area contributed by atoms with Gasteiger partial charge in [-0.25, -0.2) is 0 Å². The SMILES string of the molecule is CCOCCCNC(C(=O)O)c1ccc2c(c1)OCCO2. The smallest absolute Gasteiger partial charge is 0.325 e. The van der Waals surface area contributed by atoms with Crippen molar-refractivity contribution in [2.24, 2.45) is 0 Å². The highest BCUT2D eigenvalue weighted by Gasteiger charge is 2.21. The minimum Gasteiger partial charge on any atom is -0.486 e. The van der Waals surface area contributed by atoms with Crippen molar-refractivity contribution in [1.82, 2.24) is 5.32 Å². The Hall–Kier alpha value is -1.79. The van der Waals surface area contributed by atoms with Crippen LogP contribution in [0.3, 0.4) is 0 Å². The first kappa shape index (κ1) is 15.6. The molecule has 1 unspecified atom stereocenters. The molecule has 116 valence electrons. The Morgan fingerprint density at radius 2 is 2.14 bits per heavy atom. The molecule has 0 radical (unpaired) electrons. The van der Waals surface area contributed by atoms with E-state index in [0.717, 1.165) is 6.42 Å². The minimum absolute atomic E-state index is 0.482. The quantitative estimate of drug-likeness (QED) is 0.709. The third-order valence-corrected chi connectivity index (χ3v) is 3.16. The number of fused-ring (bicyclic) bond motifs is 1. The topological polar surface area (TPSA) is 77.0 Å². The summed E-state index contributed by atoms with van der Waals surface area (Å²) in [5.74, 6) is 0.342. The first-order valence-electron chi connectivity index (χ1n) is 7.16. The molecule has 21 heavy (non-hydrogen) atoms. The molecule has 0 amide bonds. The van der Waals surface area contributed by atoms with Crippen molar-refractivity contribution in [3.05, 3.63) is 23.8 Å². The summed E-state index contributed by atoms with van der Waals surface area (Å²) in [5.41, 5.74) is 0.656. The number of hydrogen-bond donors (Lipinski definition) is 2. The van der Waals surface area contributed by atoms with Gasteiger partial charge in [0.2, 0.25) is 0 Å². The summed E-state index contributed by atoms with van der Waals surface area (Å²) < 4.78 is 16.2. The van der Waals surface area contributed by atoms with E-state index in [1.807, 2.05) is 6.92 Å². The molecule has 1 aromatic rings. The fourth-order valence-electron chi connectivity index (χ4n) is 2.15. The van der Waals surface area contributed by atoms with Gasteiger partial charge in [0.25, 0.3) is 0 Å². The van der Waals surface area contributed by atoms with E-state index < -0.39 is 12.0 Å². The third-order valence-electron chi connectivity index (χ3n) is 3.16. The molecule has 6 nitrogen and oxygen atoms in total. The van der Waals surface area contributed by atoms with Crippen molar-refractivity contribution in [1.29, 1.82) is 0 Å². The van der Waals surface area contributed by atoms with Crippen LogP contribution in [0.2, 0.25) is 0 Å². The highest BCUT2D eigenvalue weighted by molar-refractivity contribution is 5.76. The number of rotatable bonds is 8. The molecular weight excluding hydrogens is 274 g/mol. The molecule has 2 rings (SSSR count). The minimum atomic E-state index is -0.914. The van der Waals surface area contributed by atoms with Gasteiger partial charge in [-0.2, -0.15) is 0 Å². The normalized spacial score (nSPS) is 14.7. The molecule has 0 saturated heterocycles. The molecule has 1 aliphatic rings. The van der Waals surface area contributed by atoms with E-state index in [0.29, 0.717) is 50.0 Å². The van der Waals surface area contributed by atoms with Crippen LogP contribution in [0.5, 0.6) is 11.5 Å². The lowest BCUT2D eigenvalue weighted by atomic mass is 10.1. The lowest BCUT2D eigenvalue weighted by molar-refractivity contribution is -0.139. The van der Waals surface area contributed by atoms with Crippen LogP contribution in [-0.4, -0.2) is 44.0 Å². The van der Waals surface area contributed by atoms with Crippen LogP contribution in [0, 0.1) is 0 Å². The van der Waals surface area contributed by atoms with E-state index in [2.05, 4.69) is 5.32 Å². The zero-order valence-corrected chi connectivity index (χ0v) is 12.1. The molecule has 0 aliphatic carbocycles. The van der Waals surface area contributed by atoms with Crippen LogP contribution in [0.15, 0.2) is 18.2 Å². The van der Waals surface area contributed by atoms with Gasteiger partial charge in [0.05, 0.1) is 0 Å². The Balaban J connectivity index is 1.99. The molecule has 0 spiro atoms. The van der Waals surface area contributed by atoms with Crippen molar-refractivity contribution in [3.63, 3.8) is 0 Å². The average Bonchev–Trinajstić information content (AvgIpc) is 2.50. The number of carboxylic acids is 1. The number of ether oxygens (including phenoxy) is 3. The van der Waals surface area contributed by atoms with Crippen LogP contribution in [0.25, 0.3) is 0 Å². The Morgan fingerprint density at radius 3 is 2.86 bits per heavy atom. The third kappa shape index (κ3) is 4.34. The van der Waals surface area contributed by atoms with Gasteiger partial charge in [0, 0.05) is 13.2 Å². The van der Waals surface area contributed by atoms with E-state index in [9.17, 15) is 9.90 Å². The van der Waals surface area contributed by atoms with Gasteiger partial charge in [0.15, 0.2) is 11.5 Å². The second-order valence-corrected chi connectivity index (χ2v) is 4.68. The maximum absolute atomic E-state index is 11.4. The molecule has 1 aromatic carbocycles. The zero-order valence-electron chi connectivity index (χ0n) is 12.1. The number of benzene rings is 1. The van der Waals surface area contributed by atoms with Crippen LogP contribution in [0.4, 0.5) is 0 Å². The second-order valence-electron chi connectivity index (χ2n) is 4.68. The average molecular weight is 295 g/mol. The summed E-state index contributed by atoms with van der Waals surface area (Å²) in [4.78, 5) is 11.4. The number of carboxylic acid groups (broad SMARTS) is 1. The Kier molecular flexibility index (Phi) is 5.83. The van der Waals surface area contributed by atoms with Crippen molar-refractivity contribution in [3.8, 4) is 11.5 Å². The molecule has 0 fully saturated rings. The molecule has 0 saturated carbocycles. The van der Waals surface area contributed by atoms with Gasteiger partial charge in [0.1, 0.15) is 19.3 Å². The maximum Gasteiger partial charge on any atom is 0.325 e. The Labute approximate surface area is 124 Å². The standard InChI is InChI=1S/C15H21NO5/c1-2-19-7-3-6-16-14(15(17)18)11-4-5-12-13(10-11)21-9-8-20-12/h4-5,10,14,16H,2-3,6-9H2,1H3,(H,17,18). The lowest BCUT2D eigenvalue weighted by Gasteiger charge is -2.21. The fourth-order valence-corrected chi connectivity index (χ4v) is 2.15. The molecular formula is C15H21NO5. The van der Waals surface area contributed by atoms with E-state index in [1.165, 1.54) is 0 Å². The first-order chi connectivity index (χ1) is 10.2. The zero-order chi connectivity index (χ0) is 15.1. The van der Waals surface area contributed by atoms with Crippen LogP contribution >= 0.6 is 0 Å². The number of nitrogens with one attached hydrogen (secondary N) is 1. The molecule has 2 N–H and O–H groups in total. The van der Waals surface area contributed by atoms with Gasteiger partial charge >= 0.3 is 5.97 Å². The van der Waals surface area contributed by atoms with Crippen molar-refractivity contribution >= 4 is 5.97 Å². The van der Waals surface area contributed by atoms with Gasteiger partial charge in [-0.1, -0.05) is 6.07 Å². The summed E-state index contributed by atoms with van der Waals surface area (Å²) in [7, 11) is 0. The predicted octanol–water partition coefficient (Wildman–Crippen LogP) is 1.60. The van der Waals surface area contributed by atoms with Crippen LogP contribution in [0.1, 0.15) is 24.9 Å². The number of hydrogen-bond acceptors (Lipinski definition) is 5. The van der Waals surface area contributed by atoms with E-state index in [1.54, 1.807) is 18.2 Å². The second kappa shape index (κ2) is 7.85. The van der Waals surface area contributed by atoms with Gasteiger partial charge in [-0.05, 0) is 37.6 Å². The largest absolute Gasteiger partial charge is 0.486 e. The summed E-state index contributed by atoms with van der Waals surface area (Å²) in [6.45, 7) is 4.80. The molecule has 1 aliphatic heterocycles. The van der Waals surface area contributed by atoms with Crippen LogP contribution < -0.4 is 14.8 Å². The maximum atomic E-state index is 11.4. The van der Waals surface area contributed by atoms with Crippen molar-refractivity contribution in [2.45, 2.75) is 19.4 Å². The highest BCUT2D eigenvalue weighted by Crippen LogP contribution is 2.32. The van der Waals surface area contributed by atoms with Crippen molar-refractivity contribution in [2.75, 3.05) is 33.0 Å². The monoisotopic (exact) mass is 295 g/mol. The summed E-state index contributed by atoms with van der Waals surface area (Å²) in [6.07, 6.45) is 0.766. The van der Waals surface area contributed by atoms with Gasteiger partial charge in [-0.15, -0.1) is 0 Å². The van der Waals surface area contributed by atoms with Crippen molar-refractivity contribution < 1.29 is 24.1 Å². The Morgan fingerprint density at radius 1 is 1.38 bits per heavy atom. The summed E-state index contributed by atoms with van der Waals surface area (Å²) in [5, 5.41) is 12.4. The molecule has 0 bridgehead atoms. The molecule has 1 atom stereocenters. The number of carbonyl (C=O) groups is 1. The number of aliphatic carboxylic acids is 1. The predicted molar refractivity (Wildman–Crippen MR) is 76.9 cm³/mol. The lowest BCUT2D eigenvalue weighted by Crippen LogP contribution is -2.30. The fraction of sp³-hybridized carbons (Fsp3) is 0.533. The molecule has 6 heteroatoms. The highest BCUT2D eigenvalue weighted by atomic mass is 16.6.